The van der Waals surface area contributed by atoms with E-state index in [1.165, 1.54) is 19.4 Å². The van der Waals surface area contributed by atoms with Gasteiger partial charge in [0.1, 0.15) is 5.75 Å². The lowest BCUT2D eigenvalue weighted by atomic mass is 10.0. The highest BCUT2D eigenvalue weighted by molar-refractivity contribution is 6.32. The topological polar surface area (TPSA) is 80.2 Å². The molecule has 0 saturated carbocycles. The Morgan fingerprint density at radius 1 is 1.30 bits per heavy atom. The minimum atomic E-state index is -0.390. The Kier molecular flexibility index (Phi) is 7.07. The van der Waals surface area contributed by atoms with Gasteiger partial charge >= 0.3 is 0 Å². The number of carbonyl (C=O) groups is 1. The fourth-order valence-electron chi connectivity index (χ4n) is 2.42. The van der Waals surface area contributed by atoms with Gasteiger partial charge in [0, 0.05) is 0 Å². The number of carbonyl (C=O) groups excluding carboxylic acids is 1. The number of amides is 1. The van der Waals surface area contributed by atoms with Gasteiger partial charge in [-0.05, 0) is 47.7 Å². The van der Waals surface area contributed by atoms with E-state index >= 15 is 0 Å². The van der Waals surface area contributed by atoms with Gasteiger partial charge in [-0.25, -0.2) is 5.43 Å². The molecular formula is C20H23ClN2O4. The number of phenolic OH excluding ortho intramolecular Hbond substituents is 1. The Hall–Kier alpha value is -2.73. The maximum Gasteiger partial charge on any atom is 0.277 e. The number of hydrogen-bond donors (Lipinski definition) is 2. The summed E-state index contributed by atoms with van der Waals surface area (Å²) in [7, 11) is 1.42. The van der Waals surface area contributed by atoms with E-state index in [2.05, 4.69) is 24.4 Å². The van der Waals surface area contributed by atoms with E-state index in [0.717, 1.165) is 11.1 Å². The zero-order valence-corrected chi connectivity index (χ0v) is 16.5. The Bertz CT molecular complexity index is 850. The maximum absolute atomic E-state index is 12.0. The van der Waals surface area contributed by atoms with E-state index in [1.807, 2.05) is 25.1 Å². The SMILES string of the molecule is COc1cc(/C=N/NC(=O)COc2cc(C)ccc2C(C)C)cc(Cl)c1O. The zero-order chi connectivity index (χ0) is 20.0. The van der Waals surface area contributed by atoms with Crippen LogP contribution in [-0.2, 0) is 4.79 Å². The van der Waals surface area contributed by atoms with Gasteiger partial charge in [-0.1, -0.05) is 37.6 Å². The van der Waals surface area contributed by atoms with Crippen molar-refractivity contribution in [2.75, 3.05) is 13.7 Å². The van der Waals surface area contributed by atoms with Crippen molar-refractivity contribution in [1.82, 2.24) is 5.43 Å². The highest BCUT2D eigenvalue weighted by atomic mass is 35.5. The molecular weight excluding hydrogens is 368 g/mol. The number of hydrogen-bond acceptors (Lipinski definition) is 5. The number of halogens is 1. The van der Waals surface area contributed by atoms with Crippen molar-refractivity contribution in [2.24, 2.45) is 5.10 Å². The number of hydrazone groups is 1. The normalized spacial score (nSPS) is 11.0. The fourth-order valence-corrected chi connectivity index (χ4v) is 2.64. The van der Waals surface area contributed by atoms with E-state index in [-0.39, 0.29) is 35.0 Å². The smallest absolute Gasteiger partial charge is 0.277 e. The van der Waals surface area contributed by atoms with Gasteiger partial charge < -0.3 is 14.6 Å². The van der Waals surface area contributed by atoms with Crippen LogP contribution in [0, 0.1) is 6.92 Å². The number of nitrogens with zero attached hydrogens (tertiary/aromatic N) is 1. The highest BCUT2D eigenvalue weighted by Gasteiger charge is 2.10. The number of phenols is 1. The molecule has 2 aromatic carbocycles. The first-order chi connectivity index (χ1) is 12.8. The summed E-state index contributed by atoms with van der Waals surface area (Å²) >= 11 is 5.91. The lowest BCUT2D eigenvalue weighted by molar-refractivity contribution is -0.123. The predicted molar refractivity (Wildman–Crippen MR) is 106 cm³/mol. The second-order valence-electron chi connectivity index (χ2n) is 6.33. The highest BCUT2D eigenvalue weighted by Crippen LogP contribution is 2.34. The average Bonchev–Trinajstić information content (AvgIpc) is 2.62. The van der Waals surface area contributed by atoms with Crippen molar-refractivity contribution in [3.8, 4) is 17.2 Å². The molecule has 2 N–H and O–H groups in total. The Balaban J connectivity index is 1.97. The Morgan fingerprint density at radius 3 is 2.70 bits per heavy atom. The van der Waals surface area contributed by atoms with E-state index in [0.29, 0.717) is 11.3 Å². The molecule has 7 heteroatoms. The molecule has 0 aromatic heterocycles. The summed E-state index contributed by atoms with van der Waals surface area (Å²) in [5.74, 6) is 0.668. The monoisotopic (exact) mass is 390 g/mol. The lowest BCUT2D eigenvalue weighted by Crippen LogP contribution is -2.25. The van der Waals surface area contributed by atoms with Crippen molar-refractivity contribution in [3.63, 3.8) is 0 Å². The summed E-state index contributed by atoms with van der Waals surface area (Å²) in [5.41, 5.74) is 5.07. The minimum Gasteiger partial charge on any atom is -0.503 e. The molecule has 0 aliphatic heterocycles. The van der Waals surface area contributed by atoms with Crippen molar-refractivity contribution in [2.45, 2.75) is 26.7 Å². The van der Waals surface area contributed by atoms with Crippen LogP contribution in [0.5, 0.6) is 17.2 Å². The molecule has 0 atom stereocenters. The van der Waals surface area contributed by atoms with Crippen LogP contribution in [0.1, 0.15) is 36.5 Å². The molecule has 1 amide bonds. The van der Waals surface area contributed by atoms with Gasteiger partial charge in [0.25, 0.3) is 5.91 Å². The number of benzene rings is 2. The van der Waals surface area contributed by atoms with Crippen LogP contribution in [0.25, 0.3) is 0 Å². The van der Waals surface area contributed by atoms with Crippen LogP contribution in [-0.4, -0.2) is 30.9 Å². The number of aromatic hydroxyl groups is 1. The molecule has 0 aliphatic carbocycles. The molecule has 0 saturated heterocycles. The van der Waals surface area contributed by atoms with Gasteiger partial charge in [-0.3, -0.25) is 4.79 Å². The summed E-state index contributed by atoms with van der Waals surface area (Å²) < 4.78 is 10.7. The van der Waals surface area contributed by atoms with E-state index in [1.54, 1.807) is 6.07 Å². The van der Waals surface area contributed by atoms with Crippen LogP contribution in [0.4, 0.5) is 0 Å². The molecule has 6 nitrogen and oxygen atoms in total. The summed E-state index contributed by atoms with van der Waals surface area (Å²) in [5, 5.41) is 13.7. The van der Waals surface area contributed by atoms with Crippen molar-refractivity contribution < 1.29 is 19.4 Å². The van der Waals surface area contributed by atoms with Crippen LogP contribution in [0.15, 0.2) is 35.4 Å². The molecule has 0 heterocycles. The number of methoxy groups -OCH3 is 1. The van der Waals surface area contributed by atoms with Crippen LogP contribution >= 0.6 is 11.6 Å². The second kappa shape index (κ2) is 9.28. The van der Waals surface area contributed by atoms with E-state index < -0.39 is 0 Å². The lowest BCUT2D eigenvalue weighted by Gasteiger charge is -2.14. The summed E-state index contributed by atoms with van der Waals surface area (Å²) in [4.78, 5) is 12.0. The van der Waals surface area contributed by atoms with Crippen LogP contribution in [0.3, 0.4) is 0 Å². The van der Waals surface area contributed by atoms with Gasteiger partial charge in [-0.15, -0.1) is 0 Å². The Labute approximate surface area is 163 Å². The largest absolute Gasteiger partial charge is 0.503 e. The first-order valence-electron chi connectivity index (χ1n) is 8.43. The van der Waals surface area contributed by atoms with Gasteiger partial charge in [0.2, 0.25) is 0 Å². The zero-order valence-electron chi connectivity index (χ0n) is 15.7. The standard InChI is InChI=1S/C20H23ClN2O4/c1-12(2)15-6-5-13(3)7-17(15)27-11-19(24)23-22-10-14-8-16(21)20(25)18(9-14)26-4/h5-10,12,25H,11H2,1-4H3,(H,23,24)/b22-10+. The van der Waals surface area contributed by atoms with E-state index in [9.17, 15) is 9.90 Å². The quantitative estimate of drug-likeness (QED) is 0.552. The number of aryl methyl sites for hydroxylation is 1. The summed E-state index contributed by atoms with van der Waals surface area (Å²) in [6.45, 7) is 5.95. The maximum atomic E-state index is 12.0. The fraction of sp³-hybridized carbons (Fsp3) is 0.300. The molecule has 0 bridgehead atoms. The molecule has 0 fully saturated rings. The summed E-state index contributed by atoms with van der Waals surface area (Å²) in [6.07, 6.45) is 1.40. The van der Waals surface area contributed by atoms with Gasteiger partial charge in [-0.2, -0.15) is 5.10 Å². The van der Waals surface area contributed by atoms with Gasteiger partial charge in [0.05, 0.1) is 18.3 Å². The second-order valence-corrected chi connectivity index (χ2v) is 6.74. The third kappa shape index (κ3) is 5.62. The third-order valence-corrected chi connectivity index (χ3v) is 4.11. The molecule has 0 spiro atoms. The number of rotatable bonds is 7. The first kappa shape index (κ1) is 20.6. The third-order valence-electron chi connectivity index (χ3n) is 3.82. The summed E-state index contributed by atoms with van der Waals surface area (Å²) in [6, 6.07) is 9.00. The van der Waals surface area contributed by atoms with E-state index in [4.69, 9.17) is 21.1 Å². The molecule has 0 radical (unpaired) electrons. The number of ether oxygens (including phenoxy) is 2. The molecule has 144 valence electrons. The molecule has 0 aliphatic rings. The molecule has 2 rings (SSSR count). The van der Waals surface area contributed by atoms with Crippen molar-refractivity contribution >= 4 is 23.7 Å². The predicted octanol–water partition coefficient (Wildman–Crippen LogP) is 4.02. The molecule has 2 aromatic rings. The number of nitrogens with one attached hydrogen (secondary N) is 1. The minimum absolute atomic E-state index is 0.131. The average molecular weight is 391 g/mol. The van der Waals surface area contributed by atoms with Crippen LogP contribution in [0.2, 0.25) is 5.02 Å². The van der Waals surface area contributed by atoms with Crippen molar-refractivity contribution in [3.05, 3.63) is 52.0 Å². The Morgan fingerprint density at radius 2 is 2.04 bits per heavy atom. The van der Waals surface area contributed by atoms with Crippen LogP contribution < -0.4 is 14.9 Å². The molecule has 0 unspecified atom stereocenters. The first-order valence-corrected chi connectivity index (χ1v) is 8.81. The molecule has 27 heavy (non-hydrogen) atoms. The van der Waals surface area contributed by atoms with Gasteiger partial charge in [0.15, 0.2) is 18.1 Å². The van der Waals surface area contributed by atoms with Crippen molar-refractivity contribution in [1.29, 1.82) is 0 Å².